The van der Waals surface area contributed by atoms with Crippen LogP contribution in [0.1, 0.15) is 24.4 Å². The Morgan fingerprint density at radius 2 is 2.00 bits per heavy atom. The largest absolute Gasteiger partial charge is 0.433 e. The fourth-order valence-corrected chi connectivity index (χ4v) is 0.776. The zero-order chi connectivity index (χ0) is 10.1. The summed E-state index contributed by atoms with van der Waals surface area (Å²) in [5, 5.41) is 0. The summed E-state index contributed by atoms with van der Waals surface area (Å²) in [4.78, 5) is 6.72. The average Bonchev–Trinajstić information content (AvgIpc) is 2.03. The summed E-state index contributed by atoms with van der Waals surface area (Å²) < 4.78 is 36.3. The van der Waals surface area contributed by atoms with Gasteiger partial charge in [0.2, 0.25) is 0 Å². The maximum Gasteiger partial charge on any atom is 0.433 e. The first-order valence-corrected chi connectivity index (χ1v) is 3.56. The monoisotopic (exact) mass is 191 g/mol. The van der Waals surface area contributed by atoms with Crippen molar-refractivity contribution >= 4 is 0 Å². The second-order valence-corrected chi connectivity index (χ2v) is 2.61. The number of nitrogens with zero attached hydrogens (tertiary/aromatic N) is 2. The van der Waals surface area contributed by atoms with Crippen LogP contribution in [0.15, 0.2) is 12.4 Å². The standard InChI is InChI=1S/C7H8F3N3/c1-4(11)5-2-6(7(8,9)10)13-3-12-5/h2-4H,11H2,1H3. The highest BCUT2D eigenvalue weighted by Crippen LogP contribution is 2.27. The number of rotatable bonds is 1. The van der Waals surface area contributed by atoms with Crippen LogP contribution in [0.3, 0.4) is 0 Å². The molecule has 1 atom stereocenters. The molecule has 2 N–H and O–H groups in total. The third kappa shape index (κ3) is 2.38. The molecule has 1 unspecified atom stereocenters. The molecule has 0 fully saturated rings. The fraction of sp³-hybridized carbons (Fsp3) is 0.429. The summed E-state index contributed by atoms with van der Waals surface area (Å²) in [6.07, 6.45) is -3.58. The molecule has 72 valence electrons. The minimum atomic E-state index is -4.44. The normalized spacial score (nSPS) is 14.2. The van der Waals surface area contributed by atoms with Gasteiger partial charge in [-0.2, -0.15) is 13.2 Å². The van der Waals surface area contributed by atoms with Gasteiger partial charge >= 0.3 is 6.18 Å². The van der Waals surface area contributed by atoms with E-state index in [1.54, 1.807) is 6.92 Å². The first-order valence-electron chi connectivity index (χ1n) is 3.56. The Morgan fingerprint density at radius 1 is 1.38 bits per heavy atom. The molecule has 0 aliphatic heterocycles. The van der Waals surface area contributed by atoms with E-state index in [0.717, 1.165) is 12.4 Å². The molecule has 1 rings (SSSR count). The van der Waals surface area contributed by atoms with Crippen LogP contribution in [0.2, 0.25) is 0 Å². The zero-order valence-corrected chi connectivity index (χ0v) is 6.84. The van der Waals surface area contributed by atoms with Crippen molar-refractivity contribution in [3.8, 4) is 0 Å². The van der Waals surface area contributed by atoms with Gasteiger partial charge in [0.1, 0.15) is 12.0 Å². The van der Waals surface area contributed by atoms with Gasteiger partial charge in [-0.3, -0.25) is 0 Å². The number of hydrogen-bond acceptors (Lipinski definition) is 3. The van der Waals surface area contributed by atoms with Crippen LogP contribution in [0.25, 0.3) is 0 Å². The van der Waals surface area contributed by atoms with E-state index < -0.39 is 17.9 Å². The summed E-state index contributed by atoms with van der Waals surface area (Å²) >= 11 is 0. The Bertz CT molecular complexity index is 295. The molecular formula is C7H8F3N3. The molecule has 0 aliphatic rings. The van der Waals surface area contributed by atoms with Crippen LogP contribution >= 0.6 is 0 Å². The lowest BCUT2D eigenvalue weighted by atomic mass is 10.2. The van der Waals surface area contributed by atoms with Gasteiger partial charge in [0.25, 0.3) is 0 Å². The second-order valence-electron chi connectivity index (χ2n) is 2.61. The Morgan fingerprint density at radius 3 is 2.46 bits per heavy atom. The van der Waals surface area contributed by atoms with Crippen LogP contribution in [-0.4, -0.2) is 9.97 Å². The maximum absolute atomic E-state index is 12.1. The van der Waals surface area contributed by atoms with Crippen LogP contribution < -0.4 is 5.73 Å². The summed E-state index contributed by atoms with van der Waals surface area (Å²) in [6, 6.07) is 0.328. The van der Waals surface area contributed by atoms with E-state index in [1.165, 1.54) is 0 Å². The van der Waals surface area contributed by atoms with Crippen LogP contribution in [0.5, 0.6) is 0 Å². The van der Waals surface area contributed by atoms with Crippen LogP contribution in [0.4, 0.5) is 13.2 Å². The van der Waals surface area contributed by atoms with Gasteiger partial charge in [-0.25, -0.2) is 9.97 Å². The van der Waals surface area contributed by atoms with Gasteiger partial charge in [-0.1, -0.05) is 0 Å². The molecule has 0 saturated heterocycles. The minimum absolute atomic E-state index is 0.183. The SMILES string of the molecule is CC(N)c1cc(C(F)(F)F)ncn1. The van der Waals surface area contributed by atoms with Crippen molar-refractivity contribution < 1.29 is 13.2 Å². The van der Waals surface area contributed by atoms with Gasteiger partial charge in [0.15, 0.2) is 0 Å². The maximum atomic E-state index is 12.1. The average molecular weight is 191 g/mol. The van der Waals surface area contributed by atoms with Gasteiger partial charge < -0.3 is 5.73 Å². The lowest BCUT2D eigenvalue weighted by Gasteiger charge is -2.08. The van der Waals surface area contributed by atoms with Gasteiger partial charge in [-0.15, -0.1) is 0 Å². The van der Waals surface area contributed by atoms with E-state index in [9.17, 15) is 13.2 Å². The van der Waals surface area contributed by atoms with Gasteiger partial charge in [-0.05, 0) is 13.0 Å². The number of alkyl halides is 3. The van der Waals surface area contributed by atoms with Crippen molar-refractivity contribution in [1.29, 1.82) is 0 Å². The zero-order valence-electron chi connectivity index (χ0n) is 6.84. The Balaban J connectivity index is 3.06. The molecule has 1 heterocycles. The number of hydrogen-bond donors (Lipinski definition) is 1. The third-order valence-corrected chi connectivity index (χ3v) is 1.45. The highest BCUT2D eigenvalue weighted by Gasteiger charge is 2.32. The first kappa shape index (κ1) is 9.91. The van der Waals surface area contributed by atoms with E-state index in [-0.39, 0.29) is 5.69 Å². The van der Waals surface area contributed by atoms with Crippen molar-refractivity contribution in [2.45, 2.75) is 19.1 Å². The van der Waals surface area contributed by atoms with Crippen LogP contribution in [0, 0.1) is 0 Å². The quantitative estimate of drug-likeness (QED) is 0.732. The predicted octanol–water partition coefficient (Wildman–Crippen LogP) is 1.52. The molecular weight excluding hydrogens is 183 g/mol. The van der Waals surface area contributed by atoms with Gasteiger partial charge in [0.05, 0.1) is 5.69 Å². The van der Waals surface area contributed by atoms with Crippen molar-refractivity contribution in [2.75, 3.05) is 0 Å². The third-order valence-electron chi connectivity index (χ3n) is 1.45. The van der Waals surface area contributed by atoms with E-state index >= 15 is 0 Å². The number of aromatic nitrogens is 2. The Hall–Kier alpha value is -1.17. The highest BCUT2D eigenvalue weighted by molar-refractivity contribution is 5.13. The van der Waals surface area contributed by atoms with Crippen molar-refractivity contribution in [1.82, 2.24) is 9.97 Å². The first-order chi connectivity index (χ1) is 5.91. The van der Waals surface area contributed by atoms with Crippen molar-refractivity contribution in [2.24, 2.45) is 5.73 Å². The Kier molecular flexibility index (Phi) is 2.51. The summed E-state index contributed by atoms with van der Waals surface area (Å²) in [6.45, 7) is 1.56. The summed E-state index contributed by atoms with van der Waals surface area (Å²) in [5.41, 5.74) is 4.59. The molecule has 3 nitrogen and oxygen atoms in total. The molecule has 0 aliphatic carbocycles. The van der Waals surface area contributed by atoms with Gasteiger partial charge in [0, 0.05) is 6.04 Å². The summed E-state index contributed by atoms with van der Waals surface area (Å²) in [7, 11) is 0. The van der Waals surface area contributed by atoms with E-state index in [0.29, 0.717) is 0 Å². The highest BCUT2D eigenvalue weighted by atomic mass is 19.4. The minimum Gasteiger partial charge on any atom is -0.323 e. The lowest BCUT2D eigenvalue weighted by molar-refractivity contribution is -0.141. The lowest BCUT2D eigenvalue weighted by Crippen LogP contribution is -2.13. The molecule has 6 heteroatoms. The molecule has 1 aromatic rings. The van der Waals surface area contributed by atoms with E-state index in [4.69, 9.17) is 5.73 Å². The van der Waals surface area contributed by atoms with E-state index in [2.05, 4.69) is 9.97 Å². The molecule has 0 spiro atoms. The molecule has 1 aromatic heterocycles. The smallest absolute Gasteiger partial charge is 0.323 e. The molecule has 0 radical (unpaired) electrons. The van der Waals surface area contributed by atoms with Crippen molar-refractivity contribution in [3.63, 3.8) is 0 Å². The molecule has 0 bridgehead atoms. The fourth-order valence-electron chi connectivity index (χ4n) is 0.776. The number of nitrogens with two attached hydrogens (primary N) is 1. The molecule has 13 heavy (non-hydrogen) atoms. The topological polar surface area (TPSA) is 51.8 Å². The van der Waals surface area contributed by atoms with Crippen LogP contribution in [-0.2, 0) is 6.18 Å². The molecule has 0 amide bonds. The van der Waals surface area contributed by atoms with E-state index in [1.807, 2.05) is 0 Å². The summed E-state index contributed by atoms with van der Waals surface area (Å²) in [5.74, 6) is 0. The molecule has 0 saturated carbocycles. The Labute approximate surface area is 72.8 Å². The van der Waals surface area contributed by atoms with Crippen molar-refractivity contribution in [3.05, 3.63) is 23.8 Å². The predicted molar refractivity (Wildman–Crippen MR) is 39.6 cm³/mol. The number of halogens is 3. The molecule has 0 aromatic carbocycles. The second kappa shape index (κ2) is 3.29.